The van der Waals surface area contributed by atoms with E-state index >= 15 is 0 Å². The summed E-state index contributed by atoms with van der Waals surface area (Å²) in [6.07, 6.45) is 5.49. The van der Waals surface area contributed by atoms with Gasteiger partial charge in [0.1, 0.15) is 0 Å². The minimum Gasteiger partial charge on any atom is -0.337 e. The number of nitrogens with zero attached hydrogens (tertiary/aromatic N) is 6. The Kier molecular flexibility index (Phi) is 4.84. The molecular weight excluding hydrogens is 324 g/mol. The molecule has 0 bridgehead atoms. The van der Waals surface area contributed by atoms with Gasteiger partial charge in [0.05, 0.1) is 11.9 Å². The van der Waals surface area contributed by atoms with Crippen LogP contribution in [0.4, 0.5) is 5.95 Å². The average molecular weight is 346 g/mol. The molecule has 1 aliphatic heterocycles. The quantitative estimate of drug-likeness (QED) is 0.724. The Morgan fingerprint density at radius 1 is 0.962 bits per heavy atom. The molecule has 0 saturated carbocycles. The van der Waals surface area contributed by atoms with E-state index in [4.69, 9.17) is 4.98 Å². The van der Waals surface area contributed by atoms with Crippen LogP contribution in [-0.2, 0) is 6.54 Å². The molecule has 0 aliphatic carbocycles. The topological polar surface area (TPSA) is 58.0 Å². The molecule has 0 spiro atoms. The average Bonchev–Trinajstić information content (AvgIpc) is 2.70. The van der Waals surface area contributed by atoms with Crippen LogP contribution in [0.15, 0.2) is 55.0 Å². The van der Waals surface area contributed by atoms with E-state index in [0.29, 0.717) is 5.95 Å². The molecule has 0 atom stereocenters. The van der Waals surface area contributed by atoms with Gasteiger partial charge in [-0.25, -0.2) is 4.98 Å². The lowest BCUT2D eigenvalue weighted by Gasteiger charge is -2.34. The van der Waals surface area contributed by atoms with Crippen LogP contribution >= 0.6 is 0 Å². The Balaban J connectivity index is 1.43. The van der Waals surface area contributed by atoms with Crippen LogP contribution in [-0.4, -0.2) is 51.2 Å². The molecule has 26 heavy (non-hydrogen) atoms. The van der Waals surface area contributed by atoms with Gasteiger partial charge in [0.2, 0.25) is 5.95 Å². The summed E-state index contributed by atoms with van der Waals surface area (Å²) in [5.41, 5.74) is 4.44. The monoisotopic (exact) mass is 346 g/mol. The number of hydrogen-bond donors (Lipinski definition) is 0. The van der Waals surface area contributed by atoms with Crippen molar-refractivity contribution < 1.29 is 0 Å². The zero-order valence-corrected chi connectivity index (χ0v) is 14.9. The number of benzene rings is 1. The summed E-state index contributed by atoms with van der Waals surface area (Å²) in [7, 11) is 0. The number of aryl methyl sites for hydroxylation is 1. The maximum Gasteiger partial charge on any atom is 0.245 e. The molecule has 3 aromatic rings. The van der Waals surface area contributed by atoms with Gasteiger partial charge in [0.25, 0.3) is 0 Å². The van der Waals surface area contributed by atoms with E-state index in [1.54, 1.807) is 6.20 Å². The molecule has 1 aromatic carbocycles. The third-order valence-corrected chi connectivity index (χ3v) is 4.75. The third-order valence-electron chi connectivity index (χ3n) is 4.75. The SMILES string of the molecule is Cc1ccccc1-c1cnnc(N2CCN(Cc3cccnc3)CC2)n1. The maximum absolute atomic E-state index is 4.76. The van der Waals surface area contributed by atoms with Crippen LogP contribution in [0.2, 0.25) is 0 Å². The summed E-state index contributed by atoms with van der Waals surface area (Å²) >= 11 is 0. The number of piperazine rings is 1. The predicted octanol–water partition coefficient (Wildman–Crippen LogP) is 2.56. The van der Waals surface area contributed by atoms with Gasteiger partial charge in [0.15, 0.2) is 0 Å². The van der Waals surface area contributed by atoms with Crippen molar-refractivity contribution in [3.05, 3.63) is 66.1 Å². The van der Waals surface area contributed by atoms with Crippen LogP contribution in [0.5, 0.6) is 0 Å². The molecule has 6 nitrogen and oxygen atoms in total. The molecule has 0 amide bonds. The summed E-state index contributed by atoms with van der Waals surface area (Å²) in [6.45, 7) is 6.79. The van der Waals surface area contributed by atoms with Gasteiger partial charge in [-0.2, -0.15) is 5.10 Å². The second-order valence-corrected chi connectivity index (χ2v) is 6.58. The zero-order valence-electron chi connectivity index (χ0n) is 14.9. The fraction of sp³-hybridized carbons (Fsp3) is 0.300. The second-order valence-electron chi connectivity index (χ2n) is 6.58. The predicted molar refractivity (Wildman–Crippen MR) is 102 cm³/mol. The van der Waals surface area contributed by atoms with E-state index in [0.717, 1.165) is 44.0 Å². The van der Waals surface area contributed by atoms with Gasteiger partial charge in [-0.05, 0) is 24.1 Å². The first-order valence-electron chi connectivity index (χ1n) is 8.91. The molecule has 132 valence electrons. The minimum atomic E-state index is 0.715. The Labute approximate surface area is 153 Å². The van der Waals surface area contributed by atoms with Crippen LogP contribution in [0.3, 0.4) is 0 Å². The van der Waals surface area contributed by atoms with Crippen molar-refractivity contribution in [2.75, 3.05) is 31.1 Å². The van der Waals surface area contributed by atoms with E-state index < -0.39 is 0 Å². The second kappa shape index (κ2) is 7.58. The molecule has 2 aromatic heterocycles. The third kappa shape index (κ3) is 3.70. The molecule has 0 unspecified atom stereocenters. The van der Waals surface area contributed by atoms with Gasteiger partial charge >= 0.3 is 0 Å². The normalized spacial score (nSPS) is 15.2. The number of aromatic nitrogens is 4. The van der Waals surface area contributed by atoms with Gasteiger partial charge in [0, 0.05) is 50.7 Å². The van der Waals surface area contributed by atoms with Crippen molar-refractivity contribution in [3.63, 3.8) is 0 Å². The van der Waals surface area contributed by atoms with E-state index in [9.17, 15) is 0 Å². The molecule has 4 rings (SSSR count). The van der Waals surface area contributed by atoms with Crippen molar-refractivity contribution in [1.82, 2.24) is 25.1 Å². The zero-order chi connectivity index (χ0) is 17.8. The molecule has 1 fully saturated rings. The van der Waals surface area contributed by atoms with Crippen LogP contribution in [0, 0.1) is 6.92 Å². The largest absolute Gasteiger partial charge is 0.337 e. The molecule has 6 heteroatoms. The lowest BCUT2D eigenvalue weighted by atomic mass is 10.1. The van der Waals surface area contributed by atoms with Crippen LogP contribution in [0.25, 0.3) is 11.3 Å². The van der Waals surface area contributed by atoms with Crippen molar-refractivity contribution in [3.8, 4) is 11.3 Å². The van der Waals surface area contributed by atoms with Crippen molar-refractivity contribution in [1.29, 1.82) is 0 Å². The van der Waals surface area contributed by atoms with E-state index in [1.807, 2.05) is 30.6 Å². The fourth-order valence-electron chi connectivity index (χ4n) is 3.27. The standard InChI is InChI=1S/C20H22N6/c1-16-5-2-3-7-18(16)19-14-22-24-20(23-19)26-11-9-25(10-12-26)15-17-6-4-8-21-13-17/h2-8,13-14H,9-12,15H2,1H3. The highest BCUT2D eigenvalue weighted by Crippen LogP contribution is 2.22. The number of hydrogen-bond acceptors (Lipinski definition) is 6. The Morgan fingerprint density at radius 3 is 2.58 bits per heavy atom. The number of pyridine rings is 1. The summed E-state index contributed by atoms with van der Waals surface area (Å²) in [6, 6.07) is 12.3. The smallest absolute Gasteiger partial charge is 0.245 e. The van der Waals surface area contributed by atoms with E-state index in [-0.39, 0.29) is 0 Å². The number of rotatable bonds is 4. The van der Waals surface area contributed by atoms with Gasteiger partial charge < -0.3 is 4.90 Å². The van der Waals surface area contributed by atoms with Crippen molar-refractivity contribution >= 4 is 5.95 Å². The minimum absolute atomic E-state index is 0.715. The van der Waals surface area contributed by atoms with Gasteiger partial charge in [-0.1, -0.05) is 30.3 Å². The van der Waals surface area contributed by atoms with Crippen LogP contribution < -0.4 is 4.90 Å². The van der Waals surface area contributed by atoms with E-state index in [2.05, 4.69) is 50.1 Å². The summed E-state index contributed by atoms with van der Waals surface area (Å²) < 4.78 is 0. The molecule has 1 aliphatic rings. The summed E-state index contributed by atoms with van der Waals surface area (Å²) in [5, 5.41) is 8.45. The van der Waals surface area contributed by atoms with Gasteiger partial charge in [-0.15, -0.1) is 5.10 Å². The summed E-state index contributed by atoms with van der Waals surface area (Å²) in [5.74, 6) is 0.715. The highest BCUT2D eigenvalue weighted by atomic mass is 15.4. The number of anilines is 1. The van der Waals surface area contributed by atoms with Crippen molar-refractivity contribution in [2.24, 2.45) is 0 Å². The summed E-state index contributed by atoms with van der Waals surface area (Å²) in [4.78, 5) is 13.6. The Morgan fingerprint density at radius 2 is 1.81 bits per heavy atom. The first-order valence-corrected chi connectivity index (χ1v) is 8.91. The lowest BCUT2D eigenvalue weighted by molar-refractivity contribution is 0.248. The first kappa shape index (κ1) is 16.6. The molecule has 0 radical (unpaired) electrons. The highest BCUT2D eigenvalue weighted by molar-refractivity contribution is 5.63. The first-order chi connectivity index (χ1) is 12.8. The maximum atomic E-state index is 4.76. The van der Waals surface area contributed by atoms with Gasteiger partial charge in [-0.3, -0.25) is 9.88 Å². The highest BCUT2D eigenvalue weighted by Gasteiger charge is 2.20. The molecule has 1 saturated heterocycles. The Bertz CT molecular complexity index is 859. The Hall–Kier alpha value is -2.86. The van der Waals surface area contributed by atoms with Crippen molar-refractivity contribution in [2.45, 2.75) is 13.5 Å². The van der Waals surface area contributed by atoms with Crippen LogP contribution in [0.1, 0.15) is 11.1 Å². The molecule has 3 heterocycles. The fourth-order valence-corrected chi connectivity index (χ4v) is 3.27. The molecule has 0 N–H and O–H groups in total. The van der Waals surface area contributed by atoms with E-state index in [1.165, 1.54) is 11.1 Å². The lowest BCUT2D eigenvalue weighted by Crippen LogP contribution is -2.46. The molecular formula is C20H22N6.